The normalized spacial score (nSPS) is 9.88. The van der Waals surface area contributed by atoms with Crippen molar-refractivity contribution >= 4 is 5.97 Å². The largest absolute Gasteiger partial charge is 0.478 e. The maximum absolute atomic E-state index is 11.1. The van der Waals surface area contributed by atoms with E-state index in [1.165, 1.54) is 10.9 Å². The Morgan fingerprint density at radius 3 is 2.82 bits per heavy atom. The first-order valence-corrected chi connectivity index (χ1v) is 4.90. The Hall–Kier alpha value is -2.61. The van der Waals surface area contributed by atoms with Crippen LogP contribution < -0.4 is 0 Å². The van der Waals surface area contributed by atoms with Crippen molar-refractivity contribution in [1.29, 1.82) is 5.26 Å². The summed E-state index contributed by atoms with van der Waals surface area (Å²) in [6, 6.07) is 8.89. The van der Waals surface area contributed by atoms with Crippen LogP contribution in [0.2, 0.25) is 0 Å². The van der Waals surface area contributed by atoms with Gasteiger partial charge >= 0.3 is 5.97 Å². The highest BCUT2D eigenvalue weighted by Gasteiger charge is 2.18. The molecule has 0 fully saturated rings. The van der Waals surface area contributed by atoms with Crippen LogP contribution in [0.4, 0.5) is 0 Å². The molecule has 0 spiro atoms. The second-order valence-corrected chi connectivity index (χ2v) is 3.49. The molecule has 0 unspecified atom stereocenters. The molecule has 84 valence electrons. The Morgan fingerprint density at radius 1 is 1.47 bits per heavy atom. The van der Waals surface area contributed by atoms with Crippen LogP contribution in [0.25, 0.3) is 11.3 Å². The van der Waals surface area contributed by atoms with E-state index in [-0.39, 0.29) is 5.56 Å². The number of carbonyl (C=O) groups is 1. The van der Waals surface area contributed by atoms with Gasteiger partial charge in [-0.2, -0.15) is 10.4 Å². The van der Waals surface area contributed by atoms with Gasteiger partial charge < -0.3 is 5.11 Å². The Bertz CT molecular complexity index is 623. The van der Waals surface area contributed by atoms with E-state index in [4.69, 9.17) is 10.4 Å². The zero-order valence-electron chi connectivity index (χ0n) is 9.08. The van der Waals surface area contributed by atoms with Crippen molar-refractivity contribution < 1.29 is 9.90 Å². The smallest absolute Gasteiger partial charge is 0.339 e. The van der Waals surface area contributed by atoms with Crippen molar-refractivity contribution in [1.82, 2.24) is 9.78 Å². The van der Waals surface area contributed by atoms with Gasteiger partial charge in [-0.15, -0.1) is 0 Å². The number of carboxylic acid groups (broad SMARTS) is 1. The highest BCUT2D eigenvalue weighted by molar-refractivity contribution is 5.95. The van der Waals surface area contributed by atoms with Crippen LogP contribution in [-0.2, 0) is 7.05 Å². The Labute approximate surface area is 97.5 Å². The third-order valence-corrected chi connectivity index (χ3v) is 2.47. The average molecular weight is 227 g/mol. The van der Waals surface area contributed by atoms with Crippen molar-refractivity contribution in [3.8, 4) is 17.3 Å². The second kappa shape index (κ2) is 4.10. The minimum absolute atomic E-state index is 0.0928. The van der Waals surface area contributed by atoms with Crippen LogP contribution in [0, 0.1) is 11.3 Å². The second-order valence-electron chi connectivity index (χ2n) is 3.49. The van der Waals surface area contributed by atoms with Crippen LogP contribution in [0.3, 0.4) is 0 Å². The number of aromatic nitrogens is 2. The third kappa shape index (κ3) is 1.76. The predicted molar refractivity (Wildman–Crippen MR) is 60.3 cm³/mol. The highest BCUT2D eigenvalue weighted by Crippen LogP contribution is 2.26. The molecule has 2 aromatic rings. The Morgan fingerprint density at radius 2 is 2.18 bits per heavy atom. The number of nitriles is 1. The molecule has 0 aliphatic heterocycles. The van der Waals surface area contributed by atoms with Gasteiger partial charge in [-0.25, -0.2) is 4.79 Å². The summed E-state index contributed by atoms with van der Waals surface area (Å²) in [4.78, 5) is 11.1. The lowest BCUT2D eigenvalue weighted by Crippen LogP contribution is -2.01. The number of nitrogens with zero attached hydrogens (tertiary/aromatic N) is 3. The topological polar surface area (TPSA) is 78.9 Å². The molecule has 0 atom stereocenters. The molecular weight excluding hydrogens is 218 g/mol. The summed E-state index contributed by atoms with van der Waals surface area (Å²) in [5, 5.41) is 22.0. The highest BCUT2D eigenvalue weighted by atomic mass is 16.4. The molecule has 2 rings (SSSR count). The van der Waals surface area contributed by atoms with Gasteiger partial charge in [-0.05, 0) is 6.07 Å². The SMILES string of the molecule is Cn1ncc(C(=O)O)c1-c1ccccc1C#N. The van der Waals surface area contributed by atoms with Crippen molar-refractivity contribution in [2.24, 2.45) is 7.05 Å². The van der Waals surface area contributed by atoms with Crippen LogP contribution >= 0.6 is 0 Å². The minimum atomic E-state index is -1.05. The predicted octanol–water partition coefficient (Wildman–Crippen LogP) is 1.66. The van der Waals surface area contributed by atoms with Gasteiger partial charge in [0.15, 0.2) is 0 Å². The van der Waals surface area contributed by atoms with Gasteiger partial charge in [-0.1, -0.05) is 18.2 Å². The molecule has 0 saturated carbocycles. The van der Waals surface area contributed by atoms with Crippen molar-refractivity contribution in [2.45, 2.75) is 0 Å². The van der Waals surface area contributed by atoms with Crippen LogP contribution in [0.5, 0.6) is 0 Å². The van der Waals surface area contributed by atoms with Gasteiger partial charge in [-0.3, -0.25) is 4.68 Å². The first kappa shape index (κ1) is 10.9. The summed E-state index contributed by atoms with van der Waals surface area (Å²) in [6.07, 6.45) is 1.28. The fourth-order valence-corrected chi connectivity index (χ4v) is 1.70. The quantitative estimate of drug-likeness (QED) is 0.846. The molecule has 17 heavy (non-hydrogen) atoms. The minimum Gasteiger partial charge on any atom is -0.478 e. The fourth-order valence-electron chi connectivity index (χ4n) is 1.70. The van der Waals surface area contributed by atoms with E-state index in [1.807, 2.05) is 6.07 Å². The molecule has 0 aliphatic rings. The van der Waals surface area contributed by atoms with Gasteiger partial charge in [0.25, 0.3) is 0 Å². The summed E-state index contributed by atoms with van der Waals surface area (Å²) in [5.74, 6) is -1.05. The lowest BCUT2D eigenvalue weighted by molar-refractivity contribution is 0.0697. The molecule has 1 aromatic carbocycles. The van der Waals surface area contributed by atoms with Crippen molar-refractivity contribution in [3.63, 3.8) is 0 Å². The van der Waals surface area contributed by atoms with Gasteiger partial charge in [0, 0.05) is 12.6 Å². The molecule has 0 saturated heterocycles. The molecule has 1 N–H and O–H groups in total. The van der Waals surface area contributed by atoms with Gasteiger partial charge in [0.1, 0.15) is 5.56 Å². The first-order chi connectivity index (χ1) is 8.15. The molecule has 1 heterocycles. The average Bonchev–Trinajstić information content (AvgIpc) is 2.71. The lowest BCUT2D eigenvalue weighted by Gasteiger charge is -2.05. The van der Waals surface area contributed by atoms with Crippen LogP contribution in [0.1, 0.15) is 15.9 Å². The number of hydrogen-bond donors (Lipinski definition) is 1. The van der Waals surface area contributed by atoms with Crippen LogP contribution in [0.15, 0.2) is 30.5 Å². The maximum atomic E-state index is 11.1. The van der Waals surface area contributed by atoms with E-state index in [2.05, 4.69) is 5.10 Å². The van der Waals surface area contributed by atoms with E-state index in [0.29, 0.717) is 16.8 Å². The zero-order valence-corrected chi connectivity index (χ0v) is 9.08. The van der Waals surface area contributed by atoms with Gasteiger partial charge in [0.05, 0.1) is 23.5 Å². The number of aryl methyl sites for hydroxylation is 1. The number of rotatable bonds is 2. The summed E-state index contributed by atoms with van der Waals surface area (Å²) in [7, 11) is 1.65. The zero-order chi connectivity index (χ0) is 12.4. The summed E-state index contributed by atoms with van der Waals surface area (Å²) < 4.78 is 1.46. The van der Waals surface area contributed by atoms with E-state index < -0.39 is 5.97 Å². The van der Waals surface area contributed by atoms with E-state index in [9.17, 15) is 4.79 Å². The van der Waals surface area contributed by atoms with Gasteiger partial charge in [0.2, 0.25) is 0 Å². The van der Waals surface area contributed by atoms with E-state index >= 15 is 0 Å². The number of aromatic carboxylic acids is 1. The number of benzene rings is 1. The number of carboxylic acids is 1. The van der Waals surface area contributed by atoms with Crippen molar-refractivity contribution in [3.05, 3.63) is 41.6 Å². The summed E-state index contributed by atoms with van der Waals surface area (Å²) in [5.41, 5.74) is 1.54. The monoisotopic (exact) mass is 227 g/mol. The third-order valence-electron chi connectivity index (χ3n) is 2.47. The molecule has 5 nitrogen and oxygen atoms in total. The standard InChI is InChI=1S/C12H9N3O2/c1-15-11(10(7-14-15)12(16)17)9-5-3-2-4-8(9)6-13/h2-5,7H,1H3,(H,16,17). The van der Waals surface area contributed by atoms with Crippen LogP contribution in [-0.4, -0.2) is 20.9 Å². The molecule has 1 aromatic heterocycles. The Balaban J connectivity index is 2.73. The molecule has 5 heteroatoms. The Kier molecular flexibility index (Phi) is 2.63. The summed E-state index contributed by atoms with van der Waals surface area (Å²) in [6.45, 7) is 0. The molecule has 0 aliphatic carbocycles. The molecular formula is C12H9N3O2. The van der Waals surface area contributed by atoms with Crippen molar-refractivity contribution in [2.75, 3.05) is 0 Å². The maximum Gasteiger partial charge on any atom is 0.339 e. The lowest BCUT2D eigenvalue weighted by atomic mass is 10.0. The fraction of sp³-hybridized carbons (Fsp3) is 0.0833. The molecule has 0 bridgehead atoms. The number of hydrogen-bond acceptors (Lipinski definition) is 3. The van der Waals surface area contributed by atoms with E-state index in [0.717, 1.165) is 0 Å². The van der Waals surface area contributed by atoms with E-state index in [1.54, 1.807) is 31.3 Å². The molecule has 0 radical (unpaired) electrons. The summed E-state index contributed by atoms with van der Waals surface area (Å²) >= 11 is 0. The first-order valence-electron chi connectivity index (χ1n) is 4.90. The molecule has 0 amide bonds.